The molecule has 0 aliphatic carbocycles. The first-order valence-corrected chi connectivity index (χ1v) is 11.3. The number of carboxylic acids is 1. The van der Waals surface area contributed by atoms with Crippen LogP contribution in [0.3, 0.4) is 0 Å². The number of aromatic carboxylic acids is 1. The van der Waals surface area contributed by atoms with E-state index in [0.29, 0.717) is 28.6 Å². The first-order valence-electron chi connectivity index (χ1n) is 11.3. The van der Waals surface area contributed by atoms with E-state index >= 15 is 4.39 Å². The topological polar surface area (TPSA) is 88.6 Å². The monoisotopic (exact) mass is 461 g/mol. The van der Waals surface area contributed by atoms with Crippen LogP contribution in [0.15, 0.2) is 64.0 Å². The summed E-state index contributed by atoms with van der Waals surface area (Å²) in [6, 6.07) is 14.1. The highest BCUT2D eigenvalue weighted by atomic mass is 19.1. The standard InChI is InChI=1S/C26H24FN3O4/c1-2-16-8-9-29(13-16)24-12-23-19(11-21(24)27)25(31)20(26(32)33)15-30(23)14-18-10-22(28-34-18)17-6-4-3-5-7-17/h3-7,10-12,15-16H,2,8-9,13-14H2,1H3,(H,32,33)/t16-/m1/s1. The summed E-state index contributed by atoms with van der Waals surface area (Å²) < 4.78 is 22.2. The zero-order valence-electron chi connectivity index (χ0n) is 18.7. The number of carboxylic acid groups (broad SMARTS) is 1. The number of aromatic nitrogens is 2. The van der Waals surface area contributed by atoms with Crippen LogP contribution in [0.2, 0.25) is 0 Å². The molecular formula is C26H24FN3O4. The Bertz CT molecular complexity index is 1430. The van der Waals surface area contributed by atoms with Crippen molar-refractivity contribution >= 4 is 22.6 Å². The Morgan fingerprint density at radius 1 is 1.24 bits per heavy atom. The molecule has 0 radical (unpaired) electrons. The van der Waals surface area contributed by atoms with E-state index in [1.165, 1.54) is 6.20 Å². The number of hydrogen-bond acceptors (Lipinski definition) is 5. The fraction of sp³-hybridized carbons (Fsp3) is 0.269. The predicted molar refractivity (Wildman–Crippen MR) is 127 cm³/mol. The average Bonchev–Trinajstić information content (AvgIpc) is 3.51. The lowest BCUT2D eigenvalue weighted by Gasteiger charge is -2.21. The van der Waals surface area contributed by atoms with E-state index in [1.807, 2.05) is 35.2 Å². The van der Waals surface area contributed by atoms with Crippen LogP contribution in [0.5, 0.6) is 0 Å². The van der Waals surface area contributed by atoms with Gasteiger partial charge >= 0.3 is 5.97 Å². The maximum Gasteiger partial charge on any atom is 0.341 e. The molecule has 2 aromatic heterocycles. The summed E-state index contributed by atoms with van der Waals surface area (Å²) in [5.74, 6) is -0.907. The Hall–Kier alpha value is -3.94. The maximum absolute atomic E-state index is 15.1. The van der Waals surface area contributed by atoms with Crippen LogP contribution in [0.25, 0.3) is 22.2 Å². The number of hydrogen-bond donors (Lipinski definition) is 1. The summed E-state index contributed by atoms with van der Waals surface area (Å²) >= 11 is 0. The lowest BCUT2D eigenvalue weighted by Crippen LogP contribution is -2.23. The van der Waals surface area contributed by atoms with Crippen LogP contribution >= 0.6 is 0 Å². The van der Waals surface area contributed by atoms with Crippen molar-refractivity contribution in [2.45, 2.75) is 26.3 Å². The number of benzene rings is 2. The van der Waals surface area contributed by atoms with E-state index < -0.39 is 22.8 Å². The molecule has 174 valence electrons. The van der Waals surface area contributed by atoms with Crippen molar-refractivity contribution in [3.05, 3.63) is 82.1 Å². The molecule has 4 aromatic rings. The van der Waals surface area contributed by atoms with Gasteiger partial charge in [0.15, 0.2) is 5.76 Å². The van der Waals surface area contributed by atoms with Gasteiger partial charge in [-0.15, -0.1) is 0 Å². The van der Waals surface area contributed by atoms with E-state index in [-0.39, 0.29) is 11.9 Å². The highest BCUT2D eigenvalue weighted by molar-refractivity contribution is 5.93. The first-order chi connectivity index (χ1) is 16.4. The van der Waals surface area contributed by atoms with E-state index in [9.17, 15) is 14.7 Å². The molecule has 2 aromatic carbocycles. The largest absolute Gasteiger partial charge is 0.477 e. The number of rotatable bonds is 6. The molecule has 1 aliphatic heterocycles. The van der Waals surface area contributed by atoms with Crippen molar-refractivity contribution in [2.75, 3.05) is 18.0 Å². The Morgan fingerprint density at radius 3 is 2.74 bits per heavy atom. The lowest BCUT2D eigenvalue weighted by atomic mass is 10.1. The van der Waals surface area contributed by atoms with Crippen LogP contribution in [0.1, 0.15) is 35.9 Å². The predicted octanol–water partition coefficient (Wildman–Crippen LogP) is 4.78. The summed E-state index contributed by atoms with van der Waals surface area (Å²) in [5.41, 5.74) is 1.27. The van der Waals surface area contributed by atoms with Crippen LogP contribution < -0.4 is 10.3 Å². The van der Waals surface area contributed by atoms with Gasteiger partial charge < -0.3 is 19.1 Å². The number of halogens is 1. The van der Waals surface area contributed by atoms with Crippen molar-refractivity contribution in [3.8, 4) is 11.3 Å². The third kappa shape index (κ3) is 3.96. The third-order valence-corrected chi connectivity index (χ3v) is 6.54. The summed E-state index contributed by atoms with van der Waals surface area (Å²) in [6.45, 7) is 3.75. The van der Waals surface area contributed by atoms with Gasteiger partial charge in [0.05, 0.1) is 17.7 Å². The molecule has 7 nitrogen and oxygen atoms in total. The van der Waals surface area contributed by atoms with E-state index in [2.05, 4.69) is 12.1 Å². The van der Waals surface area contributed by atoms with Gasteiger partial charge in [-0.1, -0.05) is 48.8 Å². The maximum atomic E-state index is 15.1. The second-order valence-corrected chi connectivity index (χ2v) is 8.68. The van der Waals surface area contributed by atoms with Crippen molar-refractivity contribution in [1.29, 1.82) is 0 Å². The molecule has 1 atom stereocenters. The average molecular weight is 461 g/mol. The normalized spacial score (nSPS) is 15.8. The minimum atomic E-state index is -1.36. The molecule has 1 fully saturated rings. The van der Waals surface area contributed by atoms with Gasteiger partial charge in [-0.25, -0.2) is 9.18 Å². The molecular weight excluding hydrogens is 437 g/mol. The number of fused-ring (bicyclic) bond motifs is 1. The molecule has 8 heteroatoms. The lowest BCUT2D eigenvalue weighted by molar-refractivity contribution is 0.0694. The number of carbonyl (C=O) groups is 1. The minimum absolute atomic E-state index is 0.0233. The Balaban J connectivity index is 1.60. The summed E-state index contributed by atoms with van der Waals surface area (Å²) in [5, 5.41) is 13.7. The van der Waals surface area contributed by atoms with Crippen molar-refractivity contribution in [1.82, 2.24) is 9.72 Å². The molecule has 0 amide bonds. The van der Waals surface area contributed by atoms with E-state index in [4.69, 9.17) is 4.52 Å². The summed E-state index contributed by atoms with van der Waals surface area (Å²) in [7, 11) is 0. The molecule has 34 heavy (non-hydrogen) atoms. The molecule has 0 saturated carbocycles. The van der Waals surface area contributed by atoms with Gasteiger partial charge in [-0.2, -0.15) is 0 Å². The number of pyridine rings is 1. The second kappa shape index (κ2) is 8.78. The van der Waals surface area contributed by atoms with E-state index in [0.717, 1.165) is 37.6 Å². The summed E-state index contributed by atoms with van der Waals surface area (Å²) in [4.78, 5) is 26.6. The van der Waals surface area contributed by atoms with Gasteiger partial charge in [-0.3, -0.25) is 4.79 Å². The molecule has 0 spiro atoms. The van der Waals surface area contributed by atoms with Crippen molar-refractivity contribution in [2.24, 2.45) is 5.92 Å². The van der Waals surface area contributed by atoms with Gasteiger partial charge in [0.25, 0.3) is 0 Å². The highest BCUT2D eigenvalue weighted by Crippen LogP contribution is 2.31. The zero-order chi connectivity index (χ0) is 23.8. The molecule has 3 heterocycles. The van der Waals surface area contributed by atoms with Crippen LogP contribution in [-0.2, 0) is 6.54 Å². The second-order valence-electron chi connectivity index (χ2n) is 8.68. The minimum Gasteiger partial charge on any atom is -0.477 e. The molecule has 1 N–H and O–H groups in total. The highest BCUT2D eigenvalue weighted by Gasteiger charge is 2.25. The van der Waals surface area contributed by atoms with Gasteiger partial charge in [0.1, 0.15) is 17.1 Å². The van der Waals surface area contributed by atoms with Gasteiger partial charge in [-0.05, 0) is 24.5 Å². The Kier molecular flexibility index (Phi) is 5.65. The van der Waals surface area contributed by atoms with Crippen LogP contribution in [0, 0.1) is 11.7 Å². The van der Waals surface area contributed by atoms with Crippen molar-refractivity contribution in [3.63, 3.8) is 0 Å². The van der Waals surface area contributed by atoms with Gasteiger partial charge in [0, 0.05) is 36.3 Å². The molecule has 0 unspecified atom stereocenters. The van der Waals surface area contributed by atoms with Crippen LogP contribution in [-0.4, -0.2) is 33.9 Å². The molecule has 5 rings (SSSR count). The number of nitrogens with zero attached hydrogens (tertiary/aromatic N) is 3. The Labute approximate surface area is 195 Å². The smallest absolute Gasteiger partial charge is 0.341 e. The van der Waals surface area contributed by atoms with Gasteiger partial charge in [0.2, 0.25) is 5.43 Å². The molecule has 1 saturated heterocycles. The fourth-order valence-corrected chi connectivity index (χ4v) is 4.61. The fourth-order valence-electron chi connectivity index (χ4n) is 4.61. The summed E-state index contributed by atoms with van der Waals surface area (Å²) in [6.07, 6.45) is 3.30. The zero-order valence-corrected chi connectivity index (χ0v) is 18.7. The number of anilines is 1. The first kappa shape index (κ1) is 21.9. The van der Waals surface area contributed by atoms with Crippen LogP contribution in [0.4, 0.5) is 10.1 Å². The Morgan fingerprint density at radius 2 is 2.03 bits per heavy atom. The third-order valence-electron chi connectivity index (χ3n) is 6.54. The molecule has 0 bridgehead atoms. The van der Waals surface area contributed by atoms with Crippen molar-refractivity contribution < 1.29 is 18.8 Å². The van der Waals surface area contributed by atoms with E-state index in [1.54, 1.807) is 16.7 Å². The SMILES string of the molecule is CC[C@@H]1CCN(c2cc3c(cc2F)c(=O)c(C(=O)O)cn3Cc2cc(-c3ccccc3)no2)C1. The molecule has 1 aliphatic rings. The quantitative estimate of drug-likeness (QED) is 0.445.